The van der Waals surface area contributed by atoms with Crippen molar-refractivity contribution in [3.05, 3.63) is 29.3 Å². The van der Waals surface area contributed by atoms with Crippen LogP contribution in [-0.4, -0.2) is 31.9 Å². The number of hydrogen-bond donors (Lipinski definition) is 2. The number of aliphatic hydroxyl groups is 1. The Balaban J connectivity index is 1.82. The molecule has 1 aliphatic heterocycles. The fourth-order valence-electron chi connectivity index (χ4n) is 3.09. The molecule has 0 amide bonds. The van der Waals surface area contributed by atoms with E-state index in [0.29, 0.717) is 12.5 Å². The largest absolute Gasteiger partial charge is 0.396 e. The van der Waals surface area contributed by atoms with Crippen LogP contribution in [0.4, 0.5) is 5.69 Å². The molecular formula is C17H28N2O. The third-order valence-electron chi connectivity index (χ3n) is 4.27. The highest BCUT2D eigenvalue weighted by molar-refractivity contribution is 5.58. The number of benzene rings is 1. The van der Waals surface area contributed by atoms with Gasteiger partial charge in [0.25, 0.3) is 0 Å². The van der Waals surface area contributed by atoms with E-state index in [0.717, 1.165) is 26.1 Å². The van der Waals surface area contributed by atoms with Gasteiger partial charge in [-0.2, -0.15) is 0 Å². The maximum Gasteiger partial charge on any atom is 0.0434 e. The average molecular weight is 276 g/mol. The van der Waals surface area contributed by atoms with Crippen LogP contribution in [0.2, 0.25) is 0 Å². The SMILES string of the molecule is CCCC(CCO)CNCc1ccc2c(c1)CCN2C. The summed E-state index contributed by atoms with van der Waals surface area (Å²) < 4.78 is 0. The first kappa shape index (κ1) is 15.3. The zero-order valence-corrected chi connectivity index (χ0v) is 12.9. The summed E-state index contributed by atoms with van der Waals surface area (Å²) in [5.74, 6) is 0.602. The summed E-state index contributed by atoms with van der Waals surface area (Å²) in [7, 11) is 2.16. The lowest BCUT2D eigenvalue weighted by atomic mass is 10.00. The minimum atomic E-state index is 0.303. The molecular weight excluding hydrogens is 248 g/mol. The van der Waals surface area contributed by atoms with Gasteiger partial charge < -0.3 is 15.3 Å². The van der Waals surface area contributed by atoms with Crippen molar-refractivity contribution in [1.82, 2.24) is 5.32 Å². The Labute approximate surface area is 123 Å². The summed E-state index contributed by atoms with van der Waals surface area (Å²) in [5.41, 5.74) is 4.24. The molecule has 112 valence electrons. The molecule has 0 aliphatic carbocycles. The van der Waals surface area contributed by atoms with E-state index in [1.165, 1.54) is 36.1 Å². The van der Waals surface area contributed by atoms with Gasteiger partial charge in [-0.15, -0.1) is 0 Å². The summed E-state index contributed by atoms with van der Waals surface area (Å²) >= 11 is 0. The van der Waals surface area contributed by atoms with Gasteiger partial charge >= 0.3 is 0 Å². The van der Waals surface area contributed by atoms with Crippen molar-refractivity contribution in [2.75, 3.05) is 31.6 Å². The van der Waals surface area contributed by atoms with Crippen molar-refractivity contribution >= 4 is 5.69 Å². The highest BCUT2D eigenvalue weighted by atomic mass is 16.3. The minimum absolute atomic E-state index is 0.303. The third kappa shape index (κ3) is 3.97. The van der Waals surface area contributed by atoms with E-state index in [1.807, 2.05) is 0 Å². The van der Waals surface area contributed by atoms with Gasteiger partial charge in [0.1, 0.15) is 0 Å². The van der Waals surface area contributed by atoms with E-state index >= 15 is 0 Å². The second-order valence-corrected chi connectivity index (χ2v) is 5.93. The minimum Gasteiger partial charge on any atom is -0.396 e. The van der Waals surface area contributed by atoms with Crippen LogP contribution in [0.5, 0.6) is 0 Å². The standard InChI is InChI=1S/C17H28N2O/c1-3-4-14(8-10-20)12-18-13-15-5-6-17-16(11-15)7-9-19(17)2/h5-6,11,14,18,20H,3-4,7-10,12-13H2,1-2H3. The van der Waals surface area contributed by atoms with Gasteiger partial charge in [0, 0.05) is 32.4 Å². The van der Waals surface area contributed by atoms with Crippen molar-refractivity contribution in [2.24, 2.45) is 5.92 Å². The molecule has 3 nitrogen and oxygen atoms in total. The van der Waals surface area contributed by atoms with Gasteiger partial charge in [-0.1, -0.05) is 25.5 Å². The smallest absolute Gasteiger partial charge is 0.0434 e. The van der Waals surface area contributed by atoms with Crippen molar-refractivity contribution in [2.45, 2.75) is 39.2 Å². The van der Waals surface area contributed by atoms with E-state index in [1.54, 1.807) is 0 Å². The number of nitrogens with one attached hydrogen (secondary N) is 1. The van der Waals surface area contributed by atoms with Crippen LogP contribution in [-0.2, 0) is 13.0 Å². The number of hydrogen-bond acceptors (Lipinski definition) is 3. The molecule has 0 saturated carbocycles. The number of rotatable bonds is 8. The van der Waals surface area contributed by atoms with Crippen LogP contribution in [0, 0.1) is 5.92 Å². The molecule has 0 radical (unpaired) electrons. The summed E-state index contributed by atoms with van der Waals surface area (Å²) in [6.07, 6.45) is 4.47. The first-order valence-corrected chi connectivity index (χ1v) is 7.89. The zero-order chi connectivity index (χ0) is 14.4. The molecule has 0 fully saturated rings. The maximum atomic E-state index is 9.08. The van der Waals surface area contributed by atoms with E-state index < -0.39 is 0 Å². The number of nitrogens with zero attached hydrogens (tertiary/aromatic N) is 1. The first-order valence-electron chi connectivity index (χ1n) is 7.89. The Morgan fingerprint density at radius 1 is 1.35 bits per heavy atom. The van der Waals surface area contributed by atoms with Gasteiger partial charge in [0.15, 0.2) is 0 Å². The molecule has 1 unspecified atom stereocenters. The van der Waals surface area contributed by atoms with Crippen molar-refractivity contribution < 1.29 is 5.11 Å². The molecule has 1 aromatic carbocycles. The van der Waals surface area contributed by atoms with Gasteiger partial charge in [-0.25, -0.2) is 0 Å². The summed E-state index contributed by atoms with van der Waals surface area (Å²) in [5, 5.41) is 12.6. The molecule has 0 spiro atoms. The van der Waals surface area contributed by atoms with E-state index in [9.17, 15) is 0 Å². The summed E-state index contributed by atoms with van der Waals surface area (Å²) in [4.78, 5) is 2.32. The molecule has 0 aromatic heterocycles. The van der Waals surface area contributed by atoms with Crippen LogP contribution in [0.1, 0.15) is 37.3 Å². The highest BCUT2D eigenvalue weighted by Crippen LogP contribution is 2.27. The van der Waals surface area contributed by atoms with Crippen LogP contribution >= 0.6 is 0 Å². The molecule has 1 aliphatic rings. The lowest BCUT2D eigenvalue weighted by molar-refractivity contribution is 0.248. The Kier molecular flexibility index (Phi) is 5.86. The number of fused-ring (bicyclic) bond motifs is 1. The average Bonchev–Trinajstić information content (AvgIpc) is 2.80. The monoisotopic (exact) mass is 276 g/mol. The molecule has 1 aromatic rings. The number of likely N-dealkylation sites (N-methyl/N-ethyl adjacent to an activating group) is 1. The van der Waals surface area contributed by atoms with Gasteiger partial charge in [-0.05, 0) is 48.9 Å². The fraction of sp³-hybridized carbons (Fsp3) is 0.647. The molecule has 0 saturated heterocycles. The maximum absolute atomic E-state index is 9.08. The van der Waals surface area contributed by atoms with Crippen LogP contribution in [0.15, 0.2) is 18.2 Å². The second-order valence-electron chi connectivity index (χ2n) is 5.93. The van der Waals surface area contributed by atoms with Crippen molar-refractivity contribution in [3.63, 3.8) is 0 Å². The molecule has 0 bridgehead atoms. The normalized spacial score (nSPS) is 15.4. The molecule has 2 N–H and O–H groups in total. The lowest BCUT2D eigenvalue weighted by Gasteiger charge is -2.16. The van der Waals surface area contributed by atoms with Crippen LogP contribution in [0.3, 0.4) is 0 Å². The van der Waals surface area contributed by atoms with Crippen molar-refractivity contribution in [1.29, 1.82) is 0 Å². The van der Waals surface area contributed by atoms with Crippen molar-refractivity contribution in [3.8, 4) is 0 Å². The number of aliphatic hydroxyl groups excluding tert-OH is 1. The van der Waals surface area contributed by atoms with Gasteiger partial charge in [0.05, 0.1) is 0 Å². The Morgan fingerprint density at radius 2 is 2.20 bits per heavy atom. The highest BCUT2D eigenvalue weighted by Gasteiger charge is 2.15. The first-order chi connectivity index (χ1) is 9.74. The molecule has 3 heteroatoms. The number of anilines is 1. The lowest BCUT2D eigenvalue weighted by Crippen LogP contribution is -2.23. The molecule has 20 heavy (non-hydrogen) atoms. The Hall–Kier alpha value is -1.06. The second kappa shape index (κ2) is 7.65. The van der Waals surface area contributed by atoms with E-state index in [-0.39, 0.29) is 0 Å². The third-order valence-corrected chi connectivity index (χ3v) is 4.27. The van der Waals surface area contributed by atoms with Gasteiger partial charge in [-0.3, -0.25) is 0 Å². The Bertz CT molecular complexity index is 413. The van der Waals surface area contributed by atoms with Gasteiger partial charge in [0.2, 0.25) is 0 Å². The molecule has 1 heterocycles. The summed E-state index contributed by atoms with van der Waals surface area (Å²) in [6, 6.07) is 6.82. The topological polar surface area (TPSA) is 35.5 Å². The van der Waals surface area contributed by atoms with Crippen LogP contribution < -0.4 is 10.2 Å². The summed E-state index contributed by atoms with van der Waals surface area (Å²) in [6.45, 7) is 5.59. The molecule has 2 rings (SSSR count). The quantitative estimate of drug-likeness (QED) is 0.766. The van der Waals surface area contributed by atoms with Crippen LogP contribution in [0.25, 0.3) is 0 Å². The van der Waals surface area contributed by atoms with E-state index in [4.69, 9.17) is 5.11 Å². The Morgan fingerprint density at radius 3 is 2.95 bits per heavy atom. The zero-order valence-electron chi connectivity index (χ0n) is 12.9. The predicted molar refractivity (Wildman–Crippen MR) is 85.2 cm³/mol. The predicted octanol–water partition coefficient (Wildman–Crippen LogP) is 2.57. The molecule has 1 atom stereocenters. The van der Waals surface area contributed by atoms with E-state index in [2.05, 4.69) is 42.4 Å². The fourth-order valence-corrected chi connectivity index (χ4v) is 3.09.